The van der Waals surface area contributed by atoms with Gasteiger partial charge in [-0.15, -0.1) is 0 Å². The van der Waals surface area contributed by atoms with Gasteiger partial charge in [0.1, 0.15) is 0 Å². The molecule has 0 aliphatic heterocycles. The van der Waals surface area contributed by atoms with Crippen LogP contribution >= 0.6 is 11.6 Å². The molecule has 2 unspecified atom stereocenters. The fourth-order valence-electron chi connectivity index (χ4n) is 2.22. The van der Waals surface area contributed by atoms with E-state index in [4.69, 9.17) is 22.1 Å². The molecular weight excluding hydrogens is 276 g/mol. The van der Waals surface area contributed by atoms with Gasteiger partial charge in [-0.05, 0) is 27.4 Å². The van der Waals surface area contributed by atoms with Gasteiger partial charge in [0.2, 0.25) is 0 Å². The Bertz CT molecular complexity index is 389. The minimum Gasteiger partial charge on any atom is -0.376 e. The molecule has 1 heterocycles. The van der Waals surface area contributed by atoms with Crippen molar-refractivity contribution in [3.05, 3.63) is 16.9 Å². The van der Waals surface area contributed by atoms with Crippen molar-refractivity contribution < 1.29 is 4.74 Å². The van der Waals surface area contributed by atoms with Crippen LogP contribution in [-0.4, -0.2) is 48.0 Å². The van der Waals surface area contributed by atoms with Crippen molar-refractivity contribution in [1.82, 2.24) is 14.7 Å². The maximum atomic E-state index is 6.38. The fraction of sp³-hybridized carbons (Fsp3) is 0.786. The summed E-state index contributed by atoms with van der Waals surface area (Å²) in [5.74, 6) is 0. The van der Waals surface area contributed by atoms with Gasteiger partial charge in [-0.2, -0.15) is 5.10 Å². The van der Waals surface area contributed by atoms with E-state index in [1.807, 2.05) is 25.7 Å². The summed E-state index contributed by atoms with van der Waals surface area (Å²) in [7, 11) is 4.07. The molecule has 0 fully saturated rings. The zero-order valence-corrected chi connectivity index (χ0v) is 13.7. The van der Waals surface area contributed by atoms with Crippen molar-refractivity contribution in [3.63, 3.8) is 0 Å². The molecule has 2 N–H and O–H groups in total. The second kappa shape index (κ2) is 8.62. The first-order chi connectivity index (χ1) is 9.51. The van der Waals surface area contributed by atoms with E-state index in [1.165, 1.54) is 0 Å². The van der Waals surface area contributed by atoms with Crippen LogP contribution in [0, 0.1) is 0 Å². The first-order valence-electron chi connectivity index (χ1n) is 7.24. The molecule has 0 amide bonds. The lowest BCUT2D eigenvalue weighted by Gasteiger charge is -2.25. The van der Waals surface area contributed by atoms with E-state index in [9.17, 15) is 0 Å². The Morgan fingerprint density at radius 2 is 2.15 bits per heavy atom. The Morgan fingerprint density at radius 3 is 2.70 bits per heavy atom. The quantitative estimate of drug-likeness (QED) is 0.760. The Hall–Kier alpha value is -0.620. The third-order valence-electron chi connectivity index (χ3n) is 3.26. The minimum absolute atomic E-state index is 0.0164. The van der Waals surface area contributed by atoms with Crippen molar-refractivity contribution in [2.75, 3.05) is 27.2 Å². The summed E-state index contributed by atoms with van der Waals surface area (Å²) in [5, 5.41) is 4.96. The van der Waals surface area contributed by atoms with Crippen LogP contribution in [-0.2, 0) is 11.3 Å². The molecule has 0 saturated heterocycles. The molecule has 0 spiro atoms. The number of ether oxygens (including phenoxy) is 1. The van der Waals surface area contributed by atoms with Crippen LogP contribution in [0.2, 0.25) is 5.02 Å². The van der Waals surface area contributed by atoms with Gasteiger partial charge in [-0.1, -0.05) is 24.9 Å². The van der Waals surface area contributed by atoms with Gasteiger partial charge in [-0.3, -0.25) is 4.68 Å². The molecule has 116 valence electrons. The summed E-state index contributed by atoms with van der Waals surface area (Å²) >= 11 is 6.27. The molecule has 6 heteroatoms. The first kappa shape index (κ1) is 17.4. The van der Waals surface area contributed by atoms with Crippen LogP contribution in [0.15, 0.2) is 6.20 Å². The molecule has 0 aliphatic carbocycles. The fourth-order valence-corrected chi connectivity index (χ4v) is 2.48. The molecule has 20 heavy (non-hydrogen) atoms. The Morgan fingerprint density at radius 1 is 1.45 bits per heavy atom. The van der Waals surface area contributed by atoms with Gasteiger partial charge >= 0.3 is 0 Å². The summed E-state index contributed by atoms with van der Waals surface area (Å²) in [4.78, 5) is 2.11. The summed E-state index contributed by atoms with van der Waals surface area (Å²) in [6, 6.07) is -0.243. The number of aromatic nitrogens is 2. The molecular formula is C14H27ClN4O. The molecule has 1 rings (SSSR count). The molecule has 5 nitrogen and oxygen atoms in total. The third kappa shape index (κ3) is 4.74. The standard InChI is InChI=1S/C14H27ClN4O/c1-5-7-12(20-6-2)13(16)14-11(15)10-17-19(14)9-8-18(3)4/h10,12-13H,5-9,16H2,1-4H3. The van der Waals surface area contributed by atoms with Gasteiger partial charge < -0.3 is 15.4 Å². The third-order valence-corrected chi connectivity index (χ3v) is 3.55. The molecule has 0 bridgehead atoms. The lowest BCUT2D eigenvalue weighted by Crippen LogP contribution is -2.32. The highest BCUT2D eigenvalue weighted by atomic mass is 35.5. The van der Waals surface area contributed by atoms with Crippen LogP contribution in [0.3, 0.4) is 0 Å². The minimum atomic E-state index is -0.243. The highest BCUT2D eigenvalue weighted by Crippen LogP contribution is 2.26. The van der Waals surface area contributed by atoms with E-state index in [-0.39, 0.29) is 12.1 Å². The predicted octanol–water partition coefficient (Wildman–Crippen LogP) is 2.30. The van der Waals surface area contributed by atoms with E-state index in [0.717, 1.165) is 31.6 Å². The average Bonchev–Trinajstić information content (AvgIpc) is 2.76. The van der Waals surface area contributed by atoms with Crippen molar-refractivity contribution in [3.8, 4) is 0 Å². The van der Waals surface area contributed by atoms with Crippen LogP contribution in [0.4, 0.5) is 0 Å². The van der Waals surface area contributed by atoms with Gasteiger partial charge in [0.15, 0.2) is 0 Å². The summed E-state index contributed by atoms with van der Waals surface area (Å²) in [6.45, 7) is 6.43. The number of hydrogen-bond donors (Lipinski definition) is 1. The van der Waals surface area contributed by atoms with Crippen molar-refractivity contribution in [2.45, 2.75) is 45.4 Å². The smallest absolute Gasteiger partial charge is 0.0835 e. The van der Waals surface area contributed by atoms with Crippen LogP contribution < -0.4 is 5.73 Å². The Labute approximate surface area is 127 Å². The number of nitrogens with two attached hydrogens (primary N) is 1. The largest absolute Gasteiger partial charge is 0.376 e. The molecule has 2 atom stereocenters. The Kier molecular flexibility index (Phi) is 7.51. The predicted molar refractivity (Wildman–Crippen MR) is 83.0 cm³/mol. The molecule has 0 aliphatic rings. The zero-order valence-electron chi connectivity index (χ0n) is 13.0. The maximum Gasteiger partial charge on any atom is 0.0835 e. The van der Waals surface area contributed by atoms with E-state index in [1.54, 1.807) is 6.20 Å². The lowest BCUT2D eigenvalue weighted by molar-refractivity contribution is 0.0353. The van der Waals surface area contributed by atoms with Gasteiger partial charge in [-0.25, -0.2) is 0 Å². The highest BCUT2D eigenvalue weighted by molar-refractivity contribution is 6.31. The van der Waals surface area contributed by atoms with Crippen LogP contribution in [0.25, 0.3) is 0 Å². The number of halogens is 1. The molecule has 0 radical (unpaired) electrons. The van der Waals surface area contributed by atoms with E-state index >= 15 is 0 Å². The number of rotatable bonds is 9. The summed E-state index contributed by atoms with van der Waals surface area (Å²) < 4.78 is 7.67. The van der Waals surface area contributed by atoms with Gasteiger partial charge in [0, 0.05) is 13.2 Å². The Balaban J connectivity index is 2.88. The van der Waals surface area contributed by atoms with E-state index in [2.05, 4.69) is 16.9 Å². The van der Waals surface area contributed by atoms with E-state index < -0.39 is 0 Å². The van der Waals surface area contributed by atoms with Gasteiger partial charge in [0.05, 0.1) is 35.6 Å². The van der Waals surface area contributed by atoms with Crippen molar-refractivity contribution in [2.24, 2.45) is 5.73 Å². The molecule has 1 aromatic rings. The number of hydrogen-bond acceptors (Lipinski definition) is 4. The second-order valence-corrected chi connectivity index (χ2v) is 5.62. The first-order valence-corrected chi connectivity index (χ1v) is 7.62. The average molecular weight is 303 g/mol. The summed E-state index contributed by atoms with van der Waals surface area (Å²) in [6.07, 6.45) is 3.60. The zero-order chi connectivity index (χ0) is 15.1. The number of likely N-dealkylation sites (N-methyl/N-ethyl adjacent to an activating group) is 1. The SMILES string of the molecule is CCCC(OCC)C(N)c1c(Cl)cnn1CCN(C)C. The maximum absolute atomic E-state index is 6.38. The molecule has 0 saturated carbocycles. The molecule has 0 aromatic carbocycles. The second-order valence-electron chi connectivity index (χ2n) is 5.21. The van der Waals surface area contributed by atoms with Gasteiger partial charge in [0.25, 0.3) is 0 Å². The normalized spacial score (nSPS) is 14.8. The van der Waals surface area contributed by atoms with E-state index in [0.29, 0.717) is 11.6 Å². The van der Waals surface area contributed by atoms with Crippen molar-refractivity contribution >= 4 is 11.6 Å². The topological polar surface area (TPSA) is 56.3 Å². The monoisotopic (exact) mass is 302 g/mol. The van der Waals surface area contributed by atoms with Crippen LogP contribution in [0.5, 0.6) is 0 Å². The van der Waals surface area contributed by atoms with Crippen LogP contribution in [0.1, 0.15) is 38.4 Å². The highest BCUT2D eigenvalue weighted by Gasteiger charge is 2.25. The number of nitrogens with zero attached hydrogens (tertiary/aromatic N) is 3. The lowest BCUT2D eigenvalue weighted by atomic mass is 10.0. The summed E-state index contributed by atoms with van der Waals surface area (Å²) in [5.41, 5.74) is 7.26. The van der Waals surface area contributed by atoms with Crippen molar-refractivity contribution in [1.29, 1.82) is 0 Å². The molecule has 1 aromatic heterocycles.